The minimum atomic E-state index is -0.529. The fraction of sp³-hybridized carbons (Fsp3) is 0.240. The maximum atomic E-state index is 13.4. The zero-order valence-corrected chi connectivity index (χ0v) is 19.6. The molecular formula is C25H25N3O3S. The number of rotatable bonds is 4. The van der Waals surface area contributed by atoms with Crippen molar-refractivity contribution in [3.05, 3.63) is 90.4 Å². The van der Waals surface area contributed by atoms with Gasteiger partial charge in [-0.15, -0.1) is 11.3 Å². The summed E-state index contributed by atoms with van der Waals surface area (Å²) in [5.41, 5.74) is 5.77. The highest BCUT2D eigenvalue weighted by molar-refractivity contribution is 7.17. The van der Waals surface area contributed by atoms with Crippen molar-refractivity contribution in [1.82, 2.24) is 9.13 Å². The maximum absolute atomic E-state index is 13.4. The molecule has 7 heteroatoms. The summed E-state index contributed by atoms with van der Waals surface area (Å²) in [7, 11) is 0. The molecule has 2 aromatic carbocycles. The first-order valence-electron chi connectivity index (χ1n) is 10.3. The number of nitrogens with one attached hydrogen (secondary N) is 1. The van der Waals surface area contributed by atoms with Crippen LogP contribution < -0.4 is 16.6 Å². The first-order valence-corrected chi connectivity index (χ1v) is 11.2. The Kier molecular flexibility index (Phi) is 5.60. The monoisotopic (exact) mass is 447 g/mol. The average Bonchev–Trinajstić information content (AvgIpc) is 3.17. The van der Waals surface area contributed by atoms with Crippen LogP contribution in [0.15, 0.2) is 51.4 Å². The van der Waals surface area contributed by atoms with Crippen LogP contribution in [-0.4, -0.2) is 15.0 Å². The molecule has 0 saturated carbocycles. The number of amides is 1. The van der Waals surface area contributed by atoms with Crippen molar-refractivity contribution in [2.45, 2.75) is 41.2 Å². The number of thiophene rings is 1. The molecule has 0 spiro atoms. The van der Waals surface area contributed by atoms with Crippen molar-refractivity contribution >= 4 is 33.1 Å². The molecule has 0 aliphatic heterocycles. The van der Waals surface area contributed by atoms with E-state index in [9.17, 15) is 14.4 Å². The lowest BCUT2D eigenvalue weighted by Gasteiger charge is -2.15. The maximum Gasteiger partial charge on any atom is 0.336 e. The molecule has 0 bridgehead atoms. The fourth-order valence-electron chi connectivity index (χ4n) is 4.25. The first kappa shape index (κ1) is 21.8. The number of benzene rings is 2. The number of fused-ring (bicyclic) bond motifs is 1. The van der Waals surface area contributed by atoms with Gasteiger partial charge in [0.15, 0.2) is 0 Å². The number of anilines is 1. The van der Waals surface area contributed by atoms with Gasteiger partial charge >= 0.3 is 5.69 Å². The highest BCUT2D eigenvalue weighted by Gasteiger charge is 2.18. The van der Waals surface area contributed by atoms with Crippen LogP contribution in [0.2, 0.25) is 0 Å². The van der Waals surface area contributed by atoms with Crippen molar-refractivity contribution < 1.29 is 4.79 Å². The van der Waals surface area contributed by atoms with E-state index in [-0.39, 0.29) is 18.0 Å². The third-order valence-corrected chi connectivity index (χ3v) is 6.35. The van der Waals surface area contributed by atoms with Crippen LogP contribution in [0.1, 0.15) is 27.8 Å². The summed E-state index contributed by atoms with van der Waals surface area (Å²) in [5.74, 6) is -0.319. The van der Waals surface area contributed by atoms with E-state index in [1.54, 1.807) is 23.6 Å². The van der Waals surface area contributed by atoms with Gasteiger partial charge in [0, 0.05) is 5.69 Å². The Hall–Kier alpha value is -3.45. The molecule has 2 aromatic heterocycles. The Bertz CT molecular complexity index is 1450. The molecule has 0 aliphatic carbocycles. The van der Waals surface area contributed by atoms with E-state index in [1.807, 2.05) is 52.8 Å². The Morgan fingerprint density at radius 2 is 1.50 bits per heavy atom. The molecule has 0 radical (unpaired) electrons. The van der Waals surface area contributed by atoms with Gasteiger partial charge in [-0.05, 0) is 80.5 Å². The number of hydrogen-bond donors (Lipinski definition) is 1. The Morgan fingerprint density at radius 1 is 0.906 bits per heavy atom. The van der Waals surface area contributed by atoms with Crippen molar-refractivity contribution in [1.29, 1.82) is 0 Å². The lowest BCUT2D eigenvalue weighted by molar-refractivity contribution is -0.116. The molecule has 0 unspecified atom stereocenters. The van der Waals surface area contributed by atoms with Crippen molar-refractivity contribution in [3.63, 3.8) is 0 Å². The largest absolute Gasteiger partial charge is 0.336 e. The van der Waals surface area contributed by atoms with Gasteiger partial charge in [-0.2, -0.15) is 0 Å². The molecule has 32 heavy (non-hydrogen) atoms. The standard InChI is InChI=1S/C25H25N3O3S/c1-14-8-15(2)12-19(11-14)28-24(30)23-20(6-7-32-23)27(25(28)31)13-21(29)26-22-17(4)9-16(3)10-18(22)5/h6-12H,13H2,1-5H3,(H,26,29). The van der Waals surface area contributed by atoms with Crippen molar-refractivity contribution in [2.75, 3.05) is 5.32 Å². The van der Waals surface area contributed by atoms with E-state index in [4.69, 9.17) is 0 Å². The Balaban J connectivity index is 1.81. The number of aromatic nitrogens is 2. The summed E-state index contributed by atoms with van der Waals surface area (Å²) in [6, 6.07) is 11.3. The molecule has 0 aliphatic rings. The normalized spacial score (nSPS) is 11.2. The quantitative estimate of drug-likeness (QED) is 0.504. The van der Waals surface area contributed by atoms with Gasteiger partial charge in [-0.3, -0.25) is 14.2 Å². The average molecular weight is 448 g/mol. The van der Waals surface area contributed by atoms with E-state index in [2.05, 4.69) is 5.32 Å². The molecule has 1 amide bonds. The molecule has 4 rings (SSSR count). The lowest BCUT2D eigenvalue weighted by Crippen LogP contribution is -2.40. The molecule has 1 N–H and O–H groups in total. The smallest absolute Gasteiger partial charge is 0.324 e. The zero-order valence-electron chi connectivity index (χ0n) is 18.8. The third kappa shape index (κ3) is 3.91. The predicted octanol–water partition coefficient (Wildman–Crippen LogP) is 4.39. The summed E-state index contributed by atoms with van der Waals surface area (Å²) < 4.78 is 2.98. The molecule has 4 aromatic rings. The molecule has 2 heterocycles. The van der Waals surface area contributed by atoms with Gasteiger partial charge in [0.25, 0.3) is 5.56 Å². The molecule has 6 nitrogen and oxygen atoms in total. The van der Waals surface area contributed by atoms with Gasteiger partial charge in [0.1, 0.15) is 11.2 Å². The van der Waals surface area contributed by atoms with Gasteiger partial charge in [-0.25, -0.2) is 9.36 Å². The number of carbonyl (C=O) groups excluding carboxylic acids is 1. The van der Waals surface area contributed by atoms with E-state index in [1.165, 1.54) is 15.9 Å². The number of nitrogens with zero attached hydrogens (tertiary/aromatic N) is 2. The Morgan fingerprint density at radius 3 is 2.12 bits per heavy atom. The van der Waals surface area contributed by atoms with Crippen LogP contribution in [-0.2, 0) is 11.3 Å². The molecule has 0 fully saturated rings. The summed E-state index contributed by atoms with van der Waals surface area (Å²) in [6.45, 7) is 9.55. The molecule has 0 atom stereocenters. The van der Waals surface area contributed by atoms with Crippen LogP contribution in [0.3, 0.4) is 0 Å². The molecular weight excluding hydrogens is 422 g/mol. The van der Waals surface area contributed by atoms with Gasteiger partial charge < -0.3 is 5.32 Å². The second-order valence-electron chi connectivity index (χ2n) is 8.31. The van der Waals surface area contributed by atoms with Gasteiger partial charge in [-0.1, -0.05) is 23.8 Å². The predicted molar refractivity (Wildman–Crippen MR) is 130 cm³/mol. The second-order valence-corrected chi connectivity index (χ2v) is 9.23. The van der Waals surface area contributed by atoms with Crippen LogP contribution >= 0.6 is 11.3 Å². The highest BCUT2D eigenvalue weighted by Crippen LogP contribution is 2.22. The first-order chi connectivity index (χ1) is 15.2. The SMILES string of the molecule is Cc1cc(C)cc(-n2c(=O)c3sccc3n(CC(=O)Nc3c(C)cc(C)cc3C)c2=O)c1. The summed E-state index contributed by atoms with van der Waals surface area (Å²) >= 11 is 1.27. The third-order valence-electron chi connectivity index (χ3n) is 5.46. The van der Waals surface area contributed by atoms with Crippen molar-refractivity contribution in [3.8, 4) is 5.69 Å². The van der Waals surface area contributed by atoms with Crippen LogP contribution in [0, 0.1) is 34.6 Å². The summed E-state index contributed by atoms with van der Waals surface area (Å²) in [4.78, 5) is 39.6. The summed E-state index contributed by atoms with van der Waals surface area (Å²) in [5, 5.41) is 4.71. The van der Waals surface area contributed by atoms with E-state index < -0.39 is 5.69 Å². The van der Waals surface area contributed by atoms with E-state index in [0.29, 0.717) is 15.9 Å². The van der Waals surface area contributed by atoms with Crippen LogP contribution in [0.25, 0.3) is 15.9 Å². The minimum Gasteiger partial charge on any atom is -0.324 e. The van der Waals surface area contributed by atoms with Crippen LogP contribution in [0.4, 0.5) is 5.69 Å². The number of aryl methyl sites for hydroxylation is 5. The number of carbonyl (C=O) groups is 1. The topological polar surface area (TPSA) is 73.1 Å². The Labute approximate surface area is 189 Å². The van der Waals surface area contributed by atoms with Gasteiger partial charge in [0.2, 0.25) is 5.91 Å². The second kappa shape index (κ2) is 8.24. The van der Waals surface area contributed by atoms with Gasteiger partial charge in [0.05, 0.1) is 11.2 Å². The molecule has 164 valence electrons. The molecule has 0 saturated heterocycles. The van der Waals surface area contributed by atoms with E-state index in [0.717, 1.165) is 38.1 Å². The van der Waals surface area contributed by atoms with E-state index >= 15 is 0 Å². The number of hydrogen-bond acceptors (Lipinski definition) is 4. The van der Waals surface area contributed by atoms with Crippen molar-refractivity contribution in [2.24, 2.45) is 0 Å². The highest BCUT2D eigenvalue weighted by atomic mass is 32.1. The minimum absolute atomic E-state index is 0.191. The zero-order chi connectivity index (χ0) is 23.2. The fourth-order valence-corrected chi connectivity index (χ4v) is 5.07. The summed E-state index contributed by atoms with van der Waals surface area (Å²) in [6.07, 6.45) is 0. The van der Waals surface area contributed by atoms with Crippen LogP contribution in [0.5, 0.6) is 0 Å². The lowest BCUT2D eigenvalue weighted by atomic mass is 10.1.